The Bertz CT molecular complexity index is 383. The molecule has 20 heavy (non-hydrogen) atoms. The quantitative estimate of drug-likeness (QED) is 0.739. The number of aryl methyl sites for hydroxylation is 2. The van der Waals surface area contributed by atoms with Crippen LogP contribution < -0.4 is 5.32 Å². The second-order valence-corrected chi connectivity index (χ2v) is 5.97. The summed E-state index contributed by atoms with van der Waals surface area (Å²) in [6.07, 6.45) is 11.6. The lowest BCUT2D eigenvalue weighted by Gasteiger charge is -2.21. The molecule has 4 nitrogen and oxygen atoms in total. The van der Waals surface area contributed by atoms with Gasteiger partial charge in [-0.2, -0.15) is 0 Å². The Hall–Kier alpha value is -1.03. The van der Waals surface area contributed by atoms with Crippen molar-refractivity contribution in [3.63, 3.8) is 0 Å². The molecule has 1 aromatic rings. The topological polar surface area (TPSA) is 39.1 Å². The van der Waals surface area contributed by atoms with Gasteiger partial charge in [0.25, 0.3) is 0 Å². The fourth-order valence-corrected chi connectivity index (χ4v) is 3.07. The molecule has 4 heteroatoms. The van der Waals surface area contributed by atoms with Crippen LogP contribution in [-0.4, -0.2) is 29.8 Å². The van der Waals surface area contributed by atoms with Crippen LogP contribution in [0.4, 0.5) is 5.95 Å². The summed E-state index contributed by atoms with van der Waals surface area (Å²) in [5.74, 6) is 1.95. The largest absolute Gasteiger partial charge is 0.385 e. The maximum atomic E-state index is 5.07. The minimum absolute atomic E-state index is 0.800. The Morgan fingerprint density at radius 1 is 1.35 bits per heavy atom. The normalized spacial score (nSPS) is 16.5. The van der Waals surface area contributed by atoms with Gasteiger partial charge < -0.3 is 14.6 Å². The number of rotatable bonds is 8. The number of hydrogen-bond donors (Lipinski definition) is 1. The molecule has 0 bridgehead atoms. The molecule has 0 amide bonds. The Balaban J connectivity index is 1.80. The molecule has 2 rings (SSSR count). The molecule has 0 spiro atoms. The van der Waals surface area contributed by atoms with Crippen LogP contribution >= 0.6 is 0 Å². The van der Waals surface area contributed by atoms with Gasteiger partial charge in [0, 0.05) is 33.0 Å². The lowest BCUT2D eigenvalue weighted by molar-refractivity contribution is 0.197. The third kappa shape index (κ3) is 4.82. The van der Waals surface area contributed by atoms with E-state index in [0.717, 1.165) is 43.7 Å². The van der Waals surface area contributed by atoms with Crippen molar-refractivity contribution >= 4 is 5.95 Å². The van der Waals surface area contributed by atoms with E-state index < -0.39 is 0 Å². The van der Waals surface area contributed by atoms with Gasteiger partial charge in [-0.15, -0.1) is 0 Å². The van der Waals surface area contributed by atoms with E-state index in [1.165, 1.54) is 38.5 Å². The number of nitrogens with zero attached hydrogens (tertiary/aromatic N) is 2. The fraction of sp³-hybridized carbons (Fsp3) is 0.812. The number of imidazole rings is 1. The van der Waals surface area contributed by atoms with Crippen LogP contribution in [0, 0.1) is 12.8 Å². The van der Waals surface area contributed by atoms with E-state index in [9.17, 15) is 0 Å². The average molecular weight is 279 g/mol. The summed E-state index contributed by atoms with van der Waals surface area (Å²) in [7, 11) is 1.75. The zero-order valence-electron chi connectivity index (χ0n) is 13.0. The van der Waals surface area contributed by atoms with Crippen LogP contribution in [0.25, 0.3) is 0 Å². The lowest BCUT2D eigenvalue weighted by atomic mass is 9.87. The van der Waals surface area contributed by atoms with Gasteiger partial charge in [-0.3, -0.25) is 0 Å². The van der Waals surface area contributed by atoms with E-state index in [1.54, 1.807) is 7.11 Å². The molecule has 1 saturated carbocycles. The van der Waals surface area contributed by atoms with Gasteiger partial charge >= 0.3 is 0 Å². The third-order valence-corrected chi connectivity index (χ3v) is 4.21. The van der Waals surface area contributed by atoms with E-state index >= 15 is 0 Å². The standard InChI is InChI=1S/C16H29N3O/c1-14-13-19(11-9-15-7-4-3-5-8-15)16(18-14)17-10-6-12-20-2/h13,15H,3-12H2,1-2H3,(H,17,18). The van der Waals surface area contributed by atoms with Crippen LogP contribution in [0.1, 0.15) is 50.6 Å². The molecule has 0 aliphatic heterocycles. The first-order valence-corrected chi connectivity index (χ1v) is 8.06. The molecule has 1 aliphatic carbocycles. The van der Waals surface area contributed by atoms with Crippen molar-refractivity contribution in [2.24, 2.45) is 5.92 Å². The Morgan fingerprint density at radius 3 is 2.90 bits per heavy atom. The molecule has 1 fully saturated rings. The summed E-state index contributed by atoms with van der Waals surface area (Å²) >= 11 is 0. The summed E-state index contributed by atoms with van der Waals surface area (Å²) in [4.78, 5) is 4.58. The van der Waals surface area contributed by atoms with E-state index in [1.807, 2.05) is 0 Å². The molecular weight excluding hydrogens is 250 g/mol. The molecule has 0 aromatic carbocycles. The third-order valence-electron chi connectivity index (χ3n) is 4.21. The van der Waals surface area contributed by atoms with Crippen molar-refractivity contribution < 1.29 is 4.74 Å². The molecule has 1 aliphatic rings. The predicted octanol–water partition coefficient (Wildman–Crippen LogP) is 3.61. The van der Waals surface area contributed by atoms with Crippen molar-refractivity contribution in [2.75, 3.05) is 25.6 Å². The average Bonchev–Trinajstić information content (AvgIpc) is 2.83. The number of aromatic nitrogens is 2. The number of ether oxygens (including phenoxy) is 1. The monoisotopic (exact) mass is 279 g/mol. The van der Waals surface area contributed by atoms with Crippen molar-refractivity contribution in [3.8, 4) is 0 Å². The Kier molecular flexibility index (Phi) is 6.37. The number of nitrogens with one attached hydrogen (secondary N) is 1. The zero-order chi connectivity index (χ0) is 14.2. The highest BCUT2D eigenvalue weighted by Gasteiger charge is 2.14. The first kappa shape index (κ1) is 15.4. The van der Waals surface area contributed by atoms with Gasteiger partial charge in [-0.05, 0) is 25.7 Å². The molecule has 1 aromatic heterocycles. The minimum atomic E-state index is 0.800. The molecule has 114 valence electrons. The van der Waals surface area contributed by atoms with Crippen molar-refractivity contribution in [1.82, 2.24) is 9.55 Å². The molecule has 0 atom stereocenters. The molecule has 0 saturated heterocycles. The second kappa shape index (κ2) is 8.30. The van der Waals surface area contributed by atoms with Crippen LogP contribution in [-0.2, 0) is 11.3 Å². The van der Waals surface area contributed by atoms with E-state index in [0.29, 0.717) is 0 Å². The van der Waals surface area contributed by atoms with Crippen LogP contribution in [0.15, 0.2) is 6.20 Å². The summed E-state index contributed by atoms with van der Waals surface area (Å²) in [5, 5.41) is 3.43. The van der Waals surface area contributed by atoms with Gasteiger partial charge in [0.15, 0.2) is 0 Å². The predicted molar refractivity (Wildman–Crippen MR) is 83.1 cm³/mol. The van der Waals surface area contributed by atoms with E-state index in [-0.39, 0.29) is 0 Å². The van der Waals surface area contributed by atoms with Gasteiger partial charge in [-0.25, -0.2) is 4.98 Å². The van der Waals surface area contributed by atoms with Crippen LogP contribution in [0.5, 0.6) is 0 Å². The Morgan fingerprint density at radius 2 is 2.15 bits per heavy atom. The lowest BCUT2D eigenvalue weighted by Crippen LogP contribution is -2.13. The van der Waals surface area contributed by atoms with Crippen LogP contribution in [0.3, 0.4) is 0 Å². The highest BCUT2D eigenvalue weighted by molar-refractivity contribution is 5.28. The number of anilines is 1. The summed E-state index contributed by atoms with van der Waals surface area (Å²) < 4.78 is 7.36. The Labute approximate surface area is 122 Å². The molecular formula is C16H29N3O. The molecule has 1 N–H and O–H groups in total. The molecule has 1 heterocycles. The first-order chi connectivity index (χ1) is 9.79. The van der Waals surface area contributed by atoms with Gasteiger partial charge in [-0.1, -0.05) is 32.1 Å². The highest BCUT2D eigenvalue weighted by atomic mass is 16.5. The van der Waals surface area contributed by atoms with Gasteiger partial charge in [0.1, 0.15) is 0 Å². The second-order valence-electron chi connectivity index (χ2n) is 5.97. The number of methoxy groups -OCH3 is 1. The SMILES string of the molecule is COCCCNc1nc(C)cn1CCC1CCCCC1. The summed E-state index contributed by atoms with van der Waals surface area (Å²) in [6, 6.07) is 0. The fourth-order valence-electron chi connectivity index (χ4n) is 3.07. The van der Waals surface area contributed by atoms with Crippen molar-refractivity contribution in [1.29, 1.82) is 0 Å². The smallest absolute Gasteiger partial charge is 0.203 e. The first-order valence-electron chi connectivity index (χ1n) is 8.06. The zero-order valence-corrected chi connectivity index (χ0v) is 13.0. The molecule has 0 radical (unpaired) electrons. The minimum Gasteiger partial charge on any atom is -0.385 e. The van der Waals surface area contributed by atoms with E-state index in [4.69, 9.17) is 4.74 Å². The maximum Gasteiger partial charge on any atom is 0.203 e. The van der Waals surface area contributed by atoms with Crippen molar-refractivity contribution in [3.05, 3.63) is 11.9 Å². The number of hydrogen-bond acceptors (Lipinski definition) is 3. The highest BCUT2D eigenvalue weighted by Crippen LogP contribution is 2.27. The van der Waals surface area contributed by atoms with Gasteiger partial charge in [0.2, 0.25) is 5.95 Å². The van der Waals surface area contributed by atoms with Gasteiger partial charge in [0.05, 0.1) is 5.69 Å². The van der Waals surface area contributed by atoms with Crippen LogP contribution in [0.2, 0.25) is 0 Å². The molecule has 0 unspecified atom stereocenters. The summed E-state index contributed by atoms with van der Waals surface area (Å²) in [5.41, 5.74) is 1.10. The van der Waals surface area contributed by atoms with Crippen molar-refractivity contribution in [2.45, 2.75) is 58.4 Å². The van der Waals surface area contributed by atoms with E-state index in [2.05, 4.69) is 28.0 Å². The summed E-state index contributed by atoms with van der Waals surface area (Å²) in [6.45, 7) is 4.89. The maximum absolute atomic E-state index is 5.07.